The summed E-state index contributed by atoms with van der Waals surface area (Å²) in [5.41, 5.74) is 5.29. The van der Waals surface area contributed by atoms with E-state index >= 15 is 0 Å². The molecule has 1 aliphatic rings. The summed E-state index contributed by atoms with van der Waals surface area (Å²) in [4.78, 5) is 0. The fourth-order valence-electron chi connectivity index (χ4n) is 2.74. The summed E-state index contributed by atoms with van der Waals surface area (Å²) in [5.74, 6) is 0. The molecule has 0 radical (unpaired) electrons. The molecule has 1 aromatic carbocycles. The third-order valence-electron chi connectivity index (χ3n) is 3.61. The largest absolute Gasteiger partial charge is 4.00 e. The molecule has 0 bridgehead atoms. The van der Waals surface area contributed by atoms with Gasteiger partial charge in [-0.2, -0.15) is 5.57 Å². The maximum Gasteiger partial charge on any atom is 4.00 e. The first-order chi connectivity index (χ1) is 8.22. The fraction of sp³-hybridized carbons (Fsp3) is 0.375. The molecule has 1 unspecified atom stereocenters. The number of halogens is 3. The van der Waals surface area contributed by atoms with Crippen LogP contribution in [-0.4, -0.2) is 9.52 Å². The summed E-state index contributed by atoms with van der Waals surface area (Å²) in [6.07, 6.45) is 6.05. The van der Waals surface area contributed by atoms with E-state index in [1.54, 1.807) is 10.8 Å². The van der Waals surface area contributed by atoms with E-state index in [0.29, 0.717) is 0 Å². The Balaban J connectivity index is -0.000000810. The quantitative estimate of drug-likeness (QED) is 0.352. The van der Waals surface area contributed by atoms with Crippen molar-refractivity contribution in [3.8, 4) is 0 Å². The Bertz CT molecular complexity index is 458. The molecular formula is C16H21Cl3SiTi. The van der Waals surface area contributed by atoms with Gasteiger partial charge >= 0.3 is 21.7 Å². The Morgan fingerprint density at radius 3 is 2.14 bits per heavy atom. The molecule has 0 spiro atoms. The zero-order valence-electron chi connectivity index (χ0n) is 12.7. The van der Waals surface area contributed by atoms with Crippen LogP contribution in [0.25, 0.3) is 0 Å². The monoisotopic (exact) mass is 394 g/mol. The predicted molar refractivity (Wildman–Crippen MR) is 78.4 cm³/mol. The van der Waals surface area contributed by atoms with Crippen molar-refractivity contribution in [1.29, 1.82) is 0 Å². The van der Waals surface area contributed by atoms with Crippen LogP contribution in [0.3, 0.4) is 0 Å². The second kappa shape index (κ2) is 13.0. The van der Waals surface area contributed by atoms with Gasteiger partial charge in [0.1, 0.15) is 0 Å². The van der Waals surface area contributed by atoms with Gasteiger partial charge in [-0.15, -0.1) is 0 Å². The van der Waals surface area contributed by atoms with Crippen molar-refractivity contribution < 1.29 is 58.9 Å². The molecule has 114 valence electrons. The second-order valence-electron chi connectivity index (χ2n) is 4.95. The molecule has 0 saturated carbocycles. The average molecular weight is 396 g/mol. The first-order valence-corrected chi connectivity index (χ1v) is 8.08. The van der Waals surface area contributed by atoms with E-state index in [9.17, 15) is 0 Å². The topological polar surface area (TPSA) is 0 Å². The van der Waals surface area contributed by atoms with Gasteiger partial charge in [-0.25, -0.2) is 17.2 Å². The number of rotatable bonds is 4. The van der Waals surface area contributed by atoms with E-state index in [2.05, 4.69) is 57.2 Å². The average Bonchev–Trinajstić information content (AvgIpc) is 2.58. The van der Waals surface area contributed by atoms with Crippen molar-refractivity contribution in [2.75, 3.05) is 0 Å². The first kappa shape index (κ1) is 26.4. The van der Waals surface area contributed by atoms with Crippen LogP contribution < -0.4 is 42.4 Å². The van der Waals surface area contributed by atoms with Crippen LogP contribution in [0.1, 0.15) is 33.6 Å². The van der Waals surface area contributed by atoms with Gasteiger partial charge in [0.05, 0.1) is 0 Å². The van der Waals surface area contributed by atoms with Gasteiger partial charge in [0.25, 0.3) is 0 Å². The van der Waals surface area contributed by atoms with E-state index in [1.807, 2.05) is 0 Å². The van der Waals surface area contributed by atoms with Gasteiger partial charge in [0.2, 0.25) is 0 Å². The SMILES string of the molecule is CCCC1=C(C)[C-]=C(C)C1[SiH2]c1ccccc1.[Cl-].[Cl-].[Cl-].[Ti+4]. The fourth-order valence-corrected chi connectivity index (χ4v) is 4.92. The molecule has 0 amide bonds. The minimum Gasteiger partial charge on any atom is -1.00 e. The van der Waals surface area contributed by atoms with Gasteiger partial charge in [-0.3, -0.25) is 0 Å². The normalized spacial score (nSPS) is 16.5. The van der Waals surface area contributed by atoms with Crippen LogP contribution in [0.5, 0.6) is 0 Å². The van der Waals surface area contributed by atoms with Crippen LogP contribution in [-0.2, 0) is 21.7 Å². The first-order valence-electron chi connectivity index (χ1n) is 6.56. The molecule has 5 heteroatoms. The summed E-state index contributed by atoms with van der Waals surface area (Å²) in [5, 5.41) is 1.57. The van der Waals surface area contributed by atoms with Crippen molar-refractivity contribution in [2.24, 2.45) is 0 Å². The third-order valence-corrected chi connectivity index (χ3v) is 6.07. The Kier molecular flexibility index (Phi) is 16.3. The number of hydrogen-bond donors (Lipinski definition) is 0. The van der Waals surface area contributed by atoms with Crippen LogP contribution in [0, 0.1) is 6.08 Å². The summed E-state index contributed by atoms with van der Waals surface area (Å²) < 4.78 is 0. The Hall–Kier alpha value is 0.501. The van der Waals surface area contributed by atoms with Gasteiger partial charge in [-0.1, -0.05) is 74.7 Å². The maximum absolute atomic E-state index is 3.55. The minimum atomic E-state index is -0.239. The third kappa shape index (κ3) is 7.07. The molecule has 21 heavy (non-hydrogen) atoms. The summed E-state index contributed by atoms with van der Waals surface area (Å²) in [7, 11) is -0.239. The summed E-state index contributed by atoms with van der Waals surface area (Å²) in [6, 6.07) is 11.0. The molecule has 2 rings (SSSR count). The number of allylic oxidation sites excluding steroid dienone is 4. The maximum atomic E-state index is 3.55. The molecule has 0 aromatic heterocycles. The predicted octanol–water partition coefficient (Wildman–Crippen LogP) is -5.84. The standard InChI is InChI=1S/C16H21Si.3ClH.Ti/c1-4-8-15-12(2)11-13(3)16(15)17-14-9-6-5-7-10-14;;;;/h5-7,9-10,16H,4,8,17H2,1-3H3;3*1H;/q-1;;;;+4/p-3. The zero-order chi connectivity index (χ0) is 12.3. The molecule has 0 heterocycles. The smallest absolute Gasteiger partial charge is 1.00 e. The number of benzene rings is 1. The molecule has 0 saturated heterocycles. The second-order valence-corrected chi connectivity index (χ2v) is 6.99. The molecule has 0 N–H and O–H groups in total. The van der Waals surface area contributed by atoms with Crippen LogP contribution >= 0.6 is 0 Å². The van der Waals surface area contributed by atoms with Gasteiger partial charge in [-0.05, 0) is 0 Å². The van der Waals surface area contributed by atoms with Crippen LogP contribution in [0.15, 0.2) is 47.1 Å². The Morgan fingerprint density at radius 1 is 1.05 bits per heavy atom. The Morgan fingerprint density at radius 2 is 1.62 bits per heavy atom. The van der Waals surface area contributed by atoms with E-state index < -0.39 is 0 Å². The summed E-state index contributed by atoms with van der Waals surface area (Å²) in [6.45, 7) is 6.76. The molecule has 1 aromatic rings. The molecule has 0 aliphatic heterocycles. The number of hydrogen-bond acceptors (Lipinski definition) is 0. The molecule has 1 atom stereocenters. The van der Waals surface area contributed by atoms with E-state index in [4.69, 9.17) is 0 Å². The van der Waals surface area contributed by atoms with E-state index in [-0.39, 0.29) is 68.5 Å². The van der Waals surface area contributed by atoms with Crippen molar-refractivity contribution >= 4 is 14.7 Å². The van der Waals surface area contributed by atoms with Gasteiger partial charge in [0.15, 0.2) is 0 Å². The molecule has 0 fully saturated rings. The van der Waals surface area contributed by atoms with Gasteiger partial charge in [0, 0.05) is 9.52 Å². The van der Waals surface area contributed by atoms with Crippen molar-refractivity contribution in [3.63, 3.8) is 0 Å². The Labute approximate surface area is 165 Å². The van der Waals surface area contributed by atoms with Crippen LogP contribution in [0.4, 0.5) is 0 Å². The van der Waals surface area contributed by atoms with Crippen molar-refractivity contribution in [1.82, 2.24) is 0 Å². The molecular weight excluding hydrogens is 374 g/mol. The minimum absolute atomic E-state index is 0. The van der Waals surface area contributed by atoms with Gasteiger partial charge < -0.3 is 37.2 Å². The molecule has 1 aliphatic carbocycles. The van der Waals surface area contributed by atoms with E-state index in [1.165, 1.54) is 24.0 Å². The summed E-state index contributed by atoms with van der Waals surface area (Å²) >= 11 is 0. The van der Waals surface area contributed by atoms with E-state index in [0.717, 1.165) is 5.54 Å². The molecule has 0 nitrogen and oxygen atoms in total. The van der Waals surface area contributed by atoms with Crippen LogP contribution in [0.2, 0.25) is 5.54 Å². The van der Waals surface area contributed by atoms with Crippen molar-refractivity contribution in [3.05, 3.63) is 53.1 Å². The zero-order valence-corrected chi connectivity index (χ0v) is 18.0. The van der Waals surface area contributed by atoms with Crippen molar-refractivity contribution in [2.45, 2.75) is 39.2 Å².